The van der Waals surface area contributed by atoms with Gasteiger partial charge in [-0.2, -0.15) is 0 Å². The lowest BCUT2D eigenvalue weighted by Crippen LogP contribution is -2.51. The van der Waals surface area contributed by atoms with Crippen LogP contribution < -0.4 is 16.2 Å². The predicted octanol–water partition coefficient (Wildman–Crippen LogP) is 1.35. The number of hydrogen-bond acceptors (Lipinski definition) is 5. The third kappa shape index (κ3) is 4.50. The quantitative estimate of drug-likeness (QED) is 0.562. The van der Waals surface area contributed by atoms with Gasteiger partial charge in [0.15, 0.2) is 5.11 Å². The third-order valence-corrected chi connectivity index (χ3v) is 4.68. The lowest BCUT2D eigenvalue weighted by atomic mass is 9.86. The molecule has 1 aliphatic carbocycles. The van der Waals surface area contributed by atoms with E-state index in [2.05, 4.69) is 38.6 Å². The first-order chi connectivity index (χ1) is 12.1. The fraction of sp³-hybridized carbons (Fsp3) is 0.438. The van der Waals surface area contributed by atoms with E-state index in [1.165, 1.54) is 30.3 Å². The van der Waals surface area contributed by atoms with Crippen molar-refractivity contribution in [3.8, 4) is 5.69 Å². The monoisotopic (exact) mass is 359 g/mol. The number of tetrazole rings is 1. The highest BCUT2D eigenvalue weighted by atomic mass is 32.1. The van der Waals surface area contributed by atoms with Crippen molar-refractivity contribution in [2.45, 2.75) is 38.6 Å². The van der Waals surface area contributed by atoms with Crippen LogP contribution in [0.4, 0.5) is 0 Å². The van der Waals surface area contributed by atoms with Gasteiger partial charge in [0.2, 0.25) is 0 Å². The Morgan fingerprint density at radius 1 is 1.20 bits per heavy atom. The molecule has 1 fully saturated rings. The molecule has 0 radical (unpaired) electrons. The van der Waals surface area contributed by atoms with Gasteiger partial charge in [0.05, 0.1) is 5.69 Å². The van der Waals surface area contributed by atoms with Crippen LogP contribution in [-0.4, -0.2) is 37.3 Å². The Morgan fingerprint density at radius 3 is 2.64 bits per heavy atom. The van der Waals surface area contributed by atoms with Crippen molar-refractivity contribution in [3.05, 3.63) is 36.2 Å². The van der Waals surface area contributed by atoms with Crippen molar-refractivity contribution in [2.24, 2.45) is 5.92 Å². The summed E-state index contributed by atoms with van der Waals surface area (Å²) in [6, 6.07) is 7.31. The molecule has 0 aliphatic heterocycles. The van der Waals surface area contributed by atoms with Gasteiger partial charge in [-0.05, 0) is 65.7 Å². The van der Waals surface area contributed by atoms with E-state index in [0.717, 1.165) is 12.1 Å². The number of thiocarbonyl (C=S) groups is 1. The van der Waals surface area contributed by atoms with E-state index >= 15 is 0 Å². The van der Waals surface area contributed by atoms with E-state index in [-0.39, 0.29) is 5.91 Å². The summed E-state index contributed by atoms with van der Waals surface area (Å²) in [5, 5.41) is 14.7. The molecule has 9 heteroatoms. The molecule has 1 heterocycles. The number of rotatable bonds is 3. The molecule has 2 atom stereocenters. The zero-order valence-electron chi connectivity index (χ0n) is 14.0. The minimum absolute atomic E-state index is 0.260. The van der Waals surface area contributed by atoms with Crippen molar-refractivity contribution >= 4 is 23.2 Å². The van der Waals surface area contributed by atoms with Crippen LogP contribution in [0.3, 0.4) is 0 Å². The van der Waals surface area contributed by atoms with Crippen molar-refractivity contribution in [1.29, 1.82) is 0 Å². The number of carbonyl (C=O) groups is 1. The van der Waals surface area contributed by atoms with Gasteiger partial charge in [-0.1, -0.05) is 19.8 Å². The van der Waals surface area contributed by atoms with Crippen LogP contribution in [0, 0.1) is 5.92 Å². The van der Waals surface area contributed by atoms with Gasteiger partial charge in [-0.25, -0.2) is 4.68 Å². The topological polar surface area (TPSA) is 96.8 Å². The first-order valence-electron chi connectivity index (χ1n) is 8.34. The molecule has 1 saturated carbocycles. The second-order valence-corrected chi connectivity index (χ2v) is 6.63. The molecule has 0 saturated heterocycles. The Labute approximate surface area is 151 Å². The first kappa shape index (κ1) is 17.3. The Bertz CT molecular complexity index is 717. The van der Waals surface area contributed by atoms with Crippen molar-refractivity contribution in [2.75, 3.05) is 0 Å². The fourth-order valence-corrected chi connectivity index (χ4v) is 3.17. The van der Waals surface area contributed by atoms with E-state index < -0.39 is 0 Å². The molecule has 8 nitrogen and oxygen atoms in total. The van der Waals surface area contributed by atoms with Gasteiger partial charge in [-0.15, -0.1) is 5.10 Å². The summed E-state index contributed by atoms with van der Waals surface area (Å²) in [4.78, 5) is 12.2. The molecule has 3 rings (SSSR count). The van der Waals surface area contributed by atoms with E-state index in [0.29, 0.717) is 22.6 Å². The molecule has 2 aromatic rings. The average molecular weight is 359 g/mol. The molecule has 1 aromatic heterocycles. The minimum Gasteiger partial charge on any atom is -0.358 e. The number of amides is 1. The standard InChI is InChI=1S/C16H21N7OS/c1-11-4-2-3-5-14(11)18-16(25)20-19-15(24)12-6-8-13(9-7-12)23-10-17-21-22-23/h6-11,14H,2-5H2,1H3,(H,19,24)(H2,18,20,25)/t11-,14+/m1/s1. The highest BCUT2D eigenvalue weighted by molar-refractivity contribution is 7.80. The molecule has 3 N–H and O–H groups in total. The van der Waals surface area contributed by atoms with Gasteiger partial charge in [0.1, 0.15) is 6.33 Å². The van der Waals surface area contributed by atoms with Gasteiger partial charge in [-0.3, -0.25) is 15.6 Å². The number of benzene rings is 1. The number of nitrogens with one attached hydrogen (secondary N) is 3. The summed E-state index contributed by atoms with van der Waals surface area (Å²) in [7, 11) is 0. The lowest BCUT2D eigenvalue weighted by Gasteiger charge is -2.30. The first-order valence-corrected chi connectivity index (χ1v) is 8.74. The highest BCUT2D eigenvalue weighted by Crippen LogP contribution is 2.23. The summed E-state index contributed by atoms with van der Waals surface area (Å²) >= 11 is 5.27. The van der Waals surface area contributed by atoms with Crippen LogP contribution in [0.25, 0.3) is 5.69 Å². The summed E-state index contributed by atoms with van der Waals surface area (Å²) in [5.74, 6) is 0.326. The Kier molecular flexibility index (Phi) is 5.54. The highest BCUT2D eigenvalue weighted by Gasteiger charge is 2.21. The minimum atomic E-state index is -0.260. The molecule has 25 heavy (non-hydrogen) atoms. The Hall–Kier alpha value is -2.55. The summed E-state index contributed by atoms with van der Waals surface area (Å²) in [5.41, 5.74) is 6.68. The van der Waals surface area contributed by atoms with E-state index in [1.54, 1.807) is 24.3 Å². The molecule has 1 aromatic carbocycles. The van der Waals surface area contributed by atoms with Gasteiger partial charge in [0.25, 0.3) is 5.91 Å². The smallest absolute Gasteiger partial charge is 0.269 e. The maximum atomic E-state index is 12.2. The van der Waals surface area contributed by atoms with Crippen molar-refractivity contribution in [3.63, 3.8) is 0 Å². The predicted molar refractivity (Wildman–Crippen MR) is 96.9 cm³/mol. The third-order valence-electron chi connectivity index (χ3n) is 4.46. The van der Waals surface area contributed by atoms with Crippen LogP contribution >= 0.6 is 12.2 Å². The summed E-state index contributed by atoms with van der Waals surface area (Å²) in [6.07, 6.45) is 6.30. The van der Waals surface area contributed by atoms with Crippen LogP contribution in [-0.2, 0) is 0 Å². The summed E-state index contributed by atoms with van der Waals surface area (Å²) < 4.78 is 1.52. The summed E-state index contributed by atoms with van der Waals surface area (Å²) in [6.45, 7) is 2.23. The fourth-order valence-electron chi connectivity index (χ4n) is 2.97. The second-order valence-electron chi connectivity index (χ2n) is 6.22. The van der Waals surface area contributed by atoms with Crippen molar-refractivity contribution < 1.29 is 4.79 Å². The number of hydrogen-bond donors (Lipinski definition) is 3. The van der Waals surface area contributed by atoms with E-state index in [1.807, 2.05) is 0 Å². The average Bonchev–Trinajstić information content (AvgIpc) is 3.16. The number of carbonyl (C=O) groups excluding carboxylic acids is 1. The normalized spacial score (nSPS) is 19.9. The lowest BCUT2D eigenvalue weighted by molar-refractivity contribution is 0.0943. The van der Waals surface area contributed by atoms with Crippen LogP contribution in [0.5, 0.6) is 0 Å². The van der Waals surface area contributed by atoms with Crippen LogP contribution in [0.15, 0.2) is 30.6 Å². The molecule has 0 bridgehead atoms. The molecule has 0 spiro atoms. The van der Waals surface area contributed by atoms with E-state index in [9.17, 15) is 4.79 Å². The van der Waals surface area contributed by atoms with Gasteiger partial charge in [0, 0.05) is 11.6 Å². The number of nitrogens with zero attached hydrogens (tertiary/aromatic N) is 4. The van der Waals surface area contributed by atoms with Gasteiger partial charge >= 0.3 is 0 Å². The zero-order valence-corrected chi connectivity index (χ0v) is 14.8. The van der Waals surface area contributed by atoms with Crippen molar-refractivity contribution in [1.82, 2.24) is 36.4 Å². The number of aromatic nitrogens is 4. The van der Waals surface area contributed by atoms with E-state index in [4.69, 9.17) is 12.2 Å². The maximum Gasteiger partial charge on any atom is 0.269 e. The Balaban J connectivity index is 1.49. The van der Waals surface area contributed by atoms with Crippen LogP contribution in [0.1, 0.15) is 43.0 Å². The Morgan fingerprint density at radius 2 is 1.96 bits per heavy atom. The molecule has 1 aliphatic rings. The molecule has 1 amide bonds. The van der Waals surface area contributed by atoms with Gasteiger partial charge < -0.3 is 5.32 Å². The van der Waals surface area contributed by atoms with Crippen LogP contribution in [0.2, 0.25) is 0 Å². The SMILES string of the molecule is C[C@@H]1CCCC[C@@H]1NC(=S)NNC(=O)c1ccc(-n2cnnn2)cc1. The molecular formula is C16H21N7OS. The molecule has 132 valence electrons. The molecular weight excluding hydrogens is 338 g/mol. The molecule has 0 unspecified atom stereocenters. The maximum absolute atomic E-state index is 12.2. The largest absolute Gasteiger partial charge is 0.358 e. The number of hydrazine groups is 1. The zero-order chi connectivity index (χ0) is 17.6. The second kappa shape index (κ2) is 8.02.